The molecule has 3 rings (SSSR count). The Morgan fingerprint density at radius 2 is 1.76 bits per heavy atom. The number of benzene rings is 2. The molecular formula is C17H14N4. The van der Waals surface area contributed by atoms with Gasteiger partial charge in [-0.3, -0.25) is 0 Å². The standard InChI is InChI=1S/C17H14N4/c18-10-13-6-8-15(9-7-13)21-12-20-11-16(21)17(19)14-4-2-1-3-5-14/h1-9,11-12,17H,19H2. The Balaban J connectivity index is 1.99. The predicted octanol–water partition coefficient (Wildman–Crippen LogP) is 2.79. The van der Waals surface area contributed by atoms with Crippen molar-refractivity contribution in [3.05, 3.63) is 83.9 Å². The zero-order valence-corrected chi connectivity index (χ0v) is 11.3. The van der Waals surface area contributed by atoms with Crippen molar-refractivity contribution >= 4 is 0 Å². The van der Waals surface area contributed by atoms with Crippen LogP contribution in [0.15, 0.2) is 67.1 Å². The molecule has 102 valence electrons. The van der Waals surface area contributed by atoms with Gasteiger partial charge in [-0.05, 0) is 29.8 Å². The zero-order chi connectivity index (χ0) is 14.7. The van der Waals surface area contributed by atoms with Crippen LogP contribution in [0.25, 0.3) is 5.69 Å². The van der Waals surface area contributed by atoms with E-state index in [1.165, 1.54) is 0 Å². The van der Waals surface area contributed by atoms with Gasteiger partial charge in [-0.25, -0.2) is 4.98 Å². The van der Waals surface area contributed by atoms with Crippen molar-refractivity contribution in [3.8, 4) is 11.8 Å². The molecule has 0 saturated carbocycles. The Hall–Kier alpha value is -2.90. The van der Waals surface area contributed by atoms with Crippen molar-refractivity contribution in [2.45, 2.75) is 6.04 Å². The minimum absolute atomic E-state index is 0.246. The van der Waals surface area contributed by atoms with Crippen LogP contribution in [0, 0.1) is 11.3 Å². The molecule has 0 fully saturated rings. The van der Waals surface area contributed by atoms with Gasteiger partial charge in [0.2, 0.25) is 0 Å². The lowest BCUT2D eigenvalue weighted by Gasteiger charge is -2.15. The molecule has 1 atom stereocenters. The lowest BCUT2D eigenvalue weighted by atomic mass is 10.1. The van der Waals surface area contributed by atoms with Gasteiger partial charge in [-0.15, -0.1) is 0 Å². The first-order chi connectivity index (χ1) is 10.3. The lowest BCUT2D eigenvalue weighted by molar-refractivity contribution is 0.793. The third-order valence-corrected chi connectivity index (χ3v) is 3.42. The highest BCUT2D eigenvalue weighted by atomic mass is 15.1. The van der Waals surface area contributed by atoms with Crippen molar-refractivity contribution in [3.63, 3.8) is 0 Å². The average Bonchev–Trinajstić information content (AvgIpc) is 3.04. The normalized spacial score (nSPS) is 11.8. The molecule has 0 aliphatic carbocycles. The molecule has 3 aromatic rings. The summed E-state index contributed by atoms with van der Waals surface area (Å²) in [7, 11) is 0. The van der Waals surface area contributed by atoms with Crippen LogP contribution >= 0.6 is 0 Å². The van der Waals surface area contributed by atoms with E-state index >= 15 is 0 Å². The first-order valence-corrected chi connectivity index (χ1v) is 6.63. The molecule has 0 amide bonds. The van der Waals surface area contributed by atoms with E-state index < -0.39 is 0 Å². The second-order valence-electron chi connectivity index (χ2n) is 4.74. The van der Waals surface area contributed by atoms with Gasteiger partial charge in [0.1, 0.15) is 0 Å². The molecule has 4 nitrogen and oxygen atoms in total. The lowest BCUT2D eigenvalue weighted by Crippen LogP contribution is -2.15. The van der Waals surface area contributed by atoms with Gasteiger partial charge in [0, 0.05) is 5.69 Å². The highest BCUT2D eigenvalue weighted by Crippen LogP contribution is 2.22. The molecule has 1 heterocycles. The summed E-state index contributed by atoms with van der Waals surface area (Å²) in [6, 6.07) is 19.1. The smallest absolute Gasteiger partial charge is 0.0994 e. The highest BCUT2D eigenvalue weighted by molar-refractivity contribution is 5.41. The fourth-order valence-corrected chi connectivity index (χ4v) is 2.28. The molecule has 0 saturated heterocycles. The van der Waals surface area contributed by atoms with Crippen molar-refractivity contribution < 1.29 is 0 Å². The third kappa shape index (κ3) is 2.55. The molecular weight excluding hydrogens is 260 g/mol. The van der Waals surface area contributed by atoms with Gasteiger partial charge in [0.05, 0.1) is 35.9 Å². The molecule has 4 heteroatoms. The molecule has 21 heavy (non-hydrogen) atoms. The summed E-state index contributed by atoms with van der Waals surface area (Å²) in [5.41, 5.74) is 9.86. The van der Waals surface area contributed by atoms with E-state index in [1.807, 2.05) is 47.0 Å². The van der Waals surface area contributed by atoms with Gasteiger partial charge in [-0.1, -0.05) is 30.3 Å². The summed E-state index contributed by atoms with van der Waals surface area (Å²) < 4.78 is 1.94. The molecule has 0 aliphatic heterocycles. The van der Waals surface area contributed by atoms with E-state index in [2.05, 4.69) is 11.1 Å². The second kappa shape index (κ2) is 5.61. The number of aromatic nitrogens is 2. The molecule has 0 aliphatic rings. The summed E-state index contributed by atoms with van der Waals surface area (Å²) in [4.78, 5) is 4.21. The molecule has 1 aromatic heterocycles. The van der Waals surface area contributed by atoms with Crippen LogP contribution in [0.4, 0.5) is 0 Å². The average molecular weight is 274 g/mol. The summed E-state index contributed by atoms with van der Waals surface area (Å²) in [6.07, 6.45) is 3.51. The molecule has 1 unspecified atom stereocenters. The second-order valence-corrected chi connectivity index (χ2v) is 4.74. The maximum atomic E-state index is 8.86. The van der Waals surface area contributed by atoms with E-state index in [0.717, 1.165) is 16.9 Å². The third-order valence-electron chi connectivity index (χ3n) is 3.42. The van der Waals surface area contributed by atoms with E-state index in [9.17, 15) is 0 Å². The number of nitrogens with zero attached hydrogens (tertiary/aromatic N) is 3. The number of hydrogen-bond donors (Lipinski definition) is 1. The Bertz CT molecular complexity index is 767. The Morgan fingerprint density at radius 3 is 2.43 bits per heavy atom. The Labute approximate surface area is 123 Å². The van der Waals surface area contributed by atoms with Gasteiger partial charge in [0.15, 0.2) is 0 Å². The van der Waals surface area contributed by atoms with E-state index in [1.54, 1.807) is 24.7 Å². The summed E-state index contributed by atoms with van der Waals surface area (Å²) in [5, 5.41) is 8.86. The molecule has 2 aromatic carbocycles. The summed E-state index contributed by atoms with van der Waals surface area (Å²) >= 11 is 0. The number of imidazole rings is 1. The van der Waals surface area contributed by atoms with Crippen molar-refractivity contribution in [1.29, 1.82) is 5.26 Å². The summed E-state index contributed by atoms with van der Waals surface area (Å²) in [6.45, 7) is 0. The van der Waals surface area contributed by atoms with Gasteiger partial charge in [0.25, 0.3) is 0 Å². The van der Waals surface area contributed by atoms with Gasteiger partial charge in [-0.2, -0.15) is 5.26 Å². The highest BCUT2D eigenvalue weighted by Gasteiger charge is 2.14. The van der Waals surface area contributed by atoms with Crippen LogP contribution in [0.2, 0.25) is 0 Å². The molecule has 2 N–H and O–H groups in total. The van der Waals surface area contributed by atoms with Crippen molar-refractivity contribution in [1.82, 2.24) is 9.55 Å². The van der Waals surface area contributed by atoms with Gasteiger partial charge >= 0.3 is 0 Å². The number of nitriles is 1. The Kier molecular flexibility index (Phi) is 3.50. The predicted molar refractivity (Wildman–Crippen MR) is 80.8 cm³/mol. The summed E-state index contributed by atoms with van der Waals surface area (Å²) in [5.74, 6) is 0. The minimum Gasteiger partial charge on any atom is -0.319 e. The molecule has 0 radical (unpaired) electrons. The fourth-order valence-electron chi connectivity index (χ4n) is 2.28. The molecule has 0 spiro atoms. The monoisotopic (exact) mass is 274 g/mol. The van der Waals surface area contributed by atoms with Crippen LogP contribution in [0.5, 0.6) is 0 Å². The zero-order valence-electron chi connectivity index (χ0n) is 11.3. The first-order valence-electron chi connectivity index (χ1n) is 6.63. The van der Waals surface area contributed by atoms with E-state index in [4.69, 9.17) is 11.0 Å². The van der Waals surface area contributed by atoms with Crippen LogP contribution < -0.4 is 5.73 Å². The van der Waals surface area contributed by atoms with Crippen molar-refractivity contribution in [2.24, 2.45) is 5.73 Å². The van der Waals surface area contributed by atoms with E-state index in [-0.39, 0.29) is 6.04 Å². The largest absolute Gasteiger partial charge is 0.319 e. The Morgan fingerprint density at radius 1 is 1.05 bits per heavy atom. The number of rotatable bonds is 3. The fraction of sp³-hybridized carbons (Fsp3) is 0.0588. The van der Waals surface area contributed by atoms with Crippen molar-refractivity contribution in [2.75, 3.05) is 0 Å². The molecule has 0 bridgehead atoms. The maximum Gasteiger partial charge on any atom is 0.0994 e. The van der Waals surface area contributed by atoms with Crippen LogP contribution in [-0.4, -0.2) is 9.55 Å². The number of hydrogen-bond acceptors (Lipinski definition) is 3. The van der Waals surface area contributed by atoms with Crippen LogP contribution in [-0.2, 0) is 0 Å². The maximum absolute atomic E-state index is 8.86. The minimum atomic E-state index is -0.246. The SMILES string of the molecule is N#Cc1ccc(-n2cncc2C(N)c2ccccc2)cc1. The van der Waals surface area contributed by atoms with E-state index in [0.29, 0.717) is 5.56 Å². The topological polar surface area (TPSA) is 67.6 Å². The van der Waals surface area contributed by atoms with Crippen LogP contribution in [0.3, 0.4) is 0 Å². The van der Waals surface area contributed by atoms with Gasteiger partial charge < -0.3 is 10.3 Å². The first kappa shape index (κ1) is 13.1. The number of nitrogens with two attached hydrogens (primary N) is 1. The quantitative estimate of drug-likeness (QED) is 0.798. The van der Waals surface area contributed by atoms with Crippen LogP contribution in [0.1, 0.15) is 22.9 Å².